The second kappa shape index (κ2) is 10.0. The normalized spacial score (nSPS) is 24.4. The van der Waals surface area contributed by atoms with E-state index in [1.54, 1.807) is 0 Å². The molecule has 0 bridgehead atoms. The largest absolute Gasteiger partial charge is 0.312 e. The maximum absolute atomic E-state index is 7.74. The quantitative estimate of drug-likeness (QED) is 0.201. The molecule has 0 aromatic heterocycles. The highest BCUT2D eigenvalue weighted by atomic mass is 79.9. The average molecular weight is 569 g/mol. The lowest BCUT2D eigenvalue weighted by molar-refractivity contribution is 0.197. The molecule has 1 aliphatic heterocycles. The highest BCUT2D eigenvalue weighted by molar-refractivity contribution is 9.10. The molecule has 2 aliphatic rings. The number of halogens is 3. The van der Waals surface area contributed by atoms with Crippen molar-refractivity contribution in [2.45, 2.75) is 63.8 Å². The molecule has 30 heavy (non-hydrogen) atoms. The molecule has 4 rings (SSSR count). The monoisotopic (exact) mass is 566 g/mol. The van der Waals surface area contributed by atoms with Gasteiger partial charge in [0.15, 0.2) is 0 Å². The molecule has 2 atom stereocenters. The summed E-state index contributed by atoms with van der Waals surface area (Å²) in [5.41, 5.74) is 2.71. The van der Waals surface area contributed by atoms with Crippen LogP contribution in [-0.2, 0) is 13.1 Å². The third kappa shape index (κ3) is 4.82. The van der Waals surface area contributed by atoms with Crippen LogP contribution in [0.5, 0.6) is 0 Å². The fourth-order valence-electron chi connectivity index (χ4n) is 5.04. The molecule has 0 radical (unpaired) electrons. The summed E-state index contributed by atoms with van der Waals surface area (Å²) in [6, 6.07) is 19.6. The van der Waals surface area contributed by atoms with Crippen LogP contribution in [-0.4, -0.2) is 28.9 Å². The van der Waals surface area contributed by atoms with Crippen molar-refractivity contribution in [2.24, 2.45) is 0 Å². The van der Waals surface area contributed by atoms with Gasteiger partial charge < -0.3 is 0 Å². The number of nitrogens with zero attached hydrogens (tertiary/aromatic N) is 2. The molecule has 2 aromatic carbocycles. The van der Waals surface area contributed by atoms with Gasteiger partial charge in [0.1, 0.15) is 0 Å². The van der Waals surface area contributed by atoms with E-state index >= 15 is 0 Å². The predicted molar refractivity (Wildman–Crippen MR) is 137 cm³/mol. The molecule has 2 aromatic rings. The summed E-state index contributed by atoms with van der Waals surface area (Å²) in [6.07, 6.45) is 9.60. The summed E-state index contributed by atoms with van der Waals surface area (Å²) in [7, 11) is -2.36. The minimum Gasteiger partial charge on any atom is -0.291 e. The van der Waals surface area contributed by atoms with E-state index in [-0.39, 0.29) is 0 Å². The van der Waals surface area contributed by atoms with Crippen LogP contribution in [0.15, 0.2) is 69.6 Å². The summed E-state index contributed by atoms with van der Waals surface area (Å²) < 4.78 is 7.70. The molecule has 6 heteroatoms. The maximum Gasteiger partial charge on any atom is 0.312 e. The van der Waals surface area contributed by atoms with Crippen LogP contribution in [0.1, 0.15) is 43.7 Å². The summed E-state index contributed by atoms with van der Waals surface area (Å²) in [5, 5.41) is 0. The molecule has 1 saturated heterocycles. The second-order valence-corrected chi connectivity index (χ2v) is 15.1. The zero-order valence-electron chi connectivity index (χ0n) is 17.4. The Bertz CT molecular complexity index is 808. The van der Waals surface area contributed by atoms with Crippen LogP contribution >= 0.6 is 42.9 Å². The van der Waals surface area contributed by atoms with Crippen molar-refractivity contribution in [1.82, 2.24) is 9.13 Å². The van der Waals surface area contributed by atoms with Crippen LogP contribution in [0.3, 0.4) is 0 Å². The minimum absolute atomic E-state index is 0.562. The molecule has 0 amide bonds. The van der Waals surface area contributed by atoms with Crippen LogP contribution in [0.4, 0.5) is 0 Å². The van der Waals surface area contributed by atoms with E-state index in [1.165, 1.54) is 36.8 Å². The van der Waals surface area contributed by atoms with E-state index in [0.29, 0.717) is 12.1 Å². The molecule has 2 nitrogen and oxygen atoms in total. The summed E-state index contributed by atoms with van der Waals surface area (Å²) in [4.78, 5) is 0. The van der Waals surface area contributed by atoms with Crippen molar-refractivity contribution in [3.05, 3.63) is 80.8 Å². The number of rotatable bonds is 6. The SMILES string of the molecule is C/C=C\C[Si]1(Cl)N(Cc2ccc(Br)cc2)[C@@H]2CCCC[C@H]2N1Cc1ccc(Br)cc1. The Morgan fingerprint density at radius 1 is 0.867 bits per heavy atom. The molecule has 1 saturated carbocycles. The standard InChI is InChI=1S/C24H29Br2ClN2Si/c1-2-3-16-30(27)28(17-19-8-12-21(25)13-9-19)23-6-4-5-7-24(23)29(30)18-20-10-14-22(26)15-11-20/h2-3,8-15,23-24H,4-7,16-18H2,1H3/b3-2-/t23-,24-/m1/s1. The predicted octanol–water partition coefficient (Wildman–Crippen LogP) is 7.59. The van der Waals surface area contributed by atoms with Crippen LogP contribution in [0.2, 0.25) is 6.04 Å². The van der Waals surface area contributed by atoms with Gasteiger partial charge in [-0.1, -0.05) is 81.1 Å². The van der Waals surface area contributed by atoms with Crippen LogP contribution < -0.4 is 0 Å². The Kier molecular flexibility index (Phi) is 7.59. The highest BCUT2D eigenvalue weighted by Gasteiger charge is 2.58. The number of allylic oxidation sites excluding steroid dienone is 2. The first-order valence-electron chi connectivity index (χ1n) is 10.8. The molecular weight excluding hydrogens is 540 g/mol. The number of hydrogen-bond donors (Lipinski definition) is 0. The lowest BCUT2D eigenvalue weighted by atomic mass is 9.90. The van der Waals surface area contributed by atoms with Crippen molar-refractivity contribution in [2.75, 3.05) is 0 Å². The Morgan fingerprint density at radius 2 is 1.30 bits per heavy atom. The van der Waals surface area contributed by atoms with Crippen molar-refractivity contribution in [3.8, 4) is 0 Å². The van der Waals surface area contributed by atoms with Gasteiger partial charge in [0.25, 0.3) is 0 Å². The smallest absolute Gasteiger partial charge is 0.291 e. The van der Waals surface area contributed by atoms with Gasteiger partial charge in [0, 0.05) is 40.2 Å². The van der Waals surface area contributed by atoms with E-state index in [4.69, 9.17) is 11.1 Å². The molecule has 0 N–H and O–H groups in total. The van der Waals surface area contributed by atoms with E-state index in [1.807, 2.05) is 0 Å². The van der Waals surface area contributed by atoms with E-state index in [9.17, 15) is 0 Å². The summed E-state index contributed by atoms with van der Waals surface area (Å²) in [5.74, 6) is 0. The number of fused-ring (bicyclic) bond motifs is 1. The summed E-state index contributed by atoms with van der Waals surface area (Å²) in [6.45, 7) is 3.99. The van der Waals surface area contributed by atoms with Gasteiger partial charge in [-0.3, -0.25) is 9.13 Å². The van der Waals surface area contributed by atoms with E-state index < -0.39 is 7.71 Å². The van der Waals surface area contributed by atoms with Crippen LogP contribution in [0, 0.1) is 0 Å². The highest BCUT2D eigenvalue weighted by Crippen LogP contribution is 2.45. The summed E-state index contributed by atoms with van der Waals surface area (Å²) >= 11 is 14.9. The lowest BCUT2D eigenvalue weighted by Gasteiger charge is -2.37. The Labute approximate surface area is 203 Å². The third-order valence-corrected chi connectivity index (χ3v) is 12.8. The van der Waals surface area contributed by atoms with Crippen LogP contribution in [0.25, 0.3) is 0 Å². The zero-order chi connectivity index (χ0) is 21.1. The zero-order valence-corrected chi connectivity index (χ0v) is 22.3. The van der Waals surface area contributed by atoms with Gasteiger partial charge in [-0.05, 0) is 55.2 Å². The Balaban J connectivity index is 1.69. The molecule has 0 spiro atoms. The Morgan fingerprint density at radius 3 is 1.70 bits per heavy atom. The first-order chi connectivity index (χ1) is 14.5. The van der Waals surface area contributed by atoms with Gasteiger partial charge in [-0.25, -0.2) is 0 Å². The van der Waals surface area contributed by atoms with Crippen molar-refractivity contribution in [1.29, 1.82) is 0 Å². The minimum atomic E-state index is -2.36. The van der Waals surface area contributed by atoms with E-state index in [2.05, 4.69) is 109 Å². The first kappa shape index (κ1) is 22.7. The fourth-order valence-corrected chi connectivity index (χ4v) is 10.8. The van der Waals surface area contributed by atoms with Gasteiger partial charge in [-0.15, -0.1) is 11.1 Å². The van der Waals surface area contributed by atoms with E-state index in [0.717, 1.165) is 28.1 Å². The topological polar surface area (TPSA) is 6.48 Å². The third-order valence-electron chi connectivity index (χ3n) is 6.52. The average Bonchev–Trinajstić information content (AvgIpc) is 2.98. The number of hydrogen-bond acceptors (Lipinski definition) is 2. The molecule has 1 aliphatic carbocycles. The Hall–Kier alpha value is -0.433. The molecule has 2 fully saturated rings. The van der Waals surface area contributed by atoms with Gasteiger partial charge in [0.2, 0.25) is 0 Å². The van der Waals surface area contributed by atoms with Gasteiger partial charge in [0.05, 0.1) is 0 Å². The van der Waals surface area contributed by atoms with Gasteiger partial charge in [-0.2, -0.15) is 0 Å². The first-order valence-corrected chi connectivity index (χ1v) is 15.5. The number of benzene rings is 2. The lowest BCUT2D eigenvalue weighted by Crippen LogP contribution is -2.55. The van der Waals surface area contributed by atoms with Gasteiger partial charge >= 0.3 is 7.71 Å². The van der Waals surface area contributed by atoms with Crippen molar-refractivity contribution in [3.63, 3.8) is 0 Å². The fraction of sp³-hybridized carbons (Fsp3) is 0.417. The molecule has 0 unspecified atom stereocenters. The molecular formula is C24H29Br2ClN2Si. The van der Waals surface area contributed by atoms with Crippen molar-refractivity contribution >= 4 is 50.6 Å². The molecule has 1 heterocycles. The molecule has 160 valence electrons. The second-order valence-electron chi connectivity index (χ2n) is 8.42. The van der Waals surface area contributed by atoms with Crippen molar-refractivity contribution < 1.29 is 0 Å². The maximum atomic E-state index is 7.74.